The van der Waals surface area contributed by atoms with Crippen molar-refractivity contribution >= 4 is 44.8 Å². The minimum absolute atomic E-state index is 0.0597. The van der Waals surface area contributed by atoms with E-state index in [1.54, 1.807) is 43.5 Å². The lowest BCUT2D eigenvalue weighted by Gasteiger charge is -2.23. The van der Waals surface area contributed by atoms with Crippen molar-refractivity contribution < 1.29 is 22.7 Å². The van der Waals surface area contributed by atoms with Crippen molar-refractivity contribution in [3.05, 3.63) is 87.9 Å². The van der Waals surface area contributed by atoms with E-state index in [-0.39, 0.29) is 19.1 Å². The summed E-state index contributed by atoms with van der Waals surface area (Å²) >= 11 is 12.1. The van der Waals surface area contributed by atoms with Gasteiger partial charge in [-0.15, -0.1) is 0 Å². The highest BCUT2D eigenvalue weighted by molar-refractivity contribution is 7.92. The number of nitrogens with zero attached hydrogens (tertiary/aromatic N) is 1. The molecule has 3 aromatic rings. The summed E-state index contributed by atoms with van der Waals surface area (Å²) in [5.41, 5.74) is 1.49. The van der Waals surface area contributed by atoms with E-state index in [2.05, 4.69) is 5.32 Å². The van der Waals surface area contributed by atoms with E-state index in [1.165, 1.54) is 22.5 Å². The highest BCUT2D eigenvalue weighted by atomic mass is 35.5. The molecular formula is C24H24Cl2N2O5S. The molecule has 0 heterocycles. The van der Waals surface area contributed by atoms with Crippen LogP contribution < -0.4 is 19.1 Å². The number of benzene rings is 3. The monoisotopic (exact) mass is 522 g/mol. The summed E-state index contributed by atoms with van der Waals surface area (Å²) in [5.74, 6) is 0.949. The van der Waals surface area contributed by atoms with Crippen LogP contribution in [0.25, 0.3) is 0 Å². The van der Waals surface area contributed by atoms with Gasteiger partial charge in [-0.3, -0.25) is 9.10 Å². The Morgan fingerprint density at radius 3 is 2.18 bits per heavy atom. The van der Waals surface area contributed by atoms with E-state index in [4.69, 9.17) is 32.7 Å². The molecule has 0 aliphatic heterocycles. The molecule has 1 N–H and O–H groups in total. The molecule has 10 heteroatoms. The van der Waals surface area contributed by atoms with Gasteiger partial charge in [0.25, 0.3) is 5.91 Å². The van der Waals surface area contributed by atoms with E-state index >= 15 is 0 Å². The van der Waals surface area contributed by atoms with Crippen LogP contribution in [0.15, 0.2) is 66.7 Å². The second-order valence-electron chi connectivity index (χ2n) is 7.35. The van der Waals surface area contributed by atoms with Crippen LogP contribution >= 0.6 is 23.2 Å². The molecule has 0 aliphatic rings. The normalized spacial score (nSPS) is 11.1. The maximum absolute atomic E-state index is 12.4. The number of carbonyl (C=O) groups excluding carboxylic acids is 1. The minimum Gasteiger partial charge on any atom is -0.493 e. The van der Waals surface area contributed by atoms with Gasteiger partial charge < -0.3 is 14.8 Å². The van der Waals surface area contributed by atoms with Crippen molar-refractivity contribution in [2.24, 2.45) is 0 Å². The zero-order chi connectivity index (χ0) is 24.7. The largest absolute Gasteiger partial charge is 0.493 e. The van der Waals surface area contributed by atoms with Gasteiger partial charge in [0.15, 0.2) is 11.5 Å². The molecule has 34 heavy (non-hydrogen) atoms. The number of halogens is 2. The molecule has 0 atom stereocenters. The number of sulfonamides is 1. The highest BCUT2D eigenvalue weighted by Gasteiger charge is 2.19. The predicted octanol–water partition coefficient (Wildman–Crippen LogP) is 4.78. The first-order valence-corrected chi connectivity index (χ1v) is 12.8. The maximum Gasteiger partial charge on any atom is 0.251 e. The average Bonchev–Trinajstić information content (AvgIpc) is 2.79. The van der Waals surface area contributed by atoms with E-state index < -0.39 is 10.0 Å². The number of hydrogen-bond acceptors (Lipinski definition) is 5. The minimum atomic E-state index is -3.61. The third-order valence-corrected chi connectivity index (χ3v) is 6.37. The number of hydrogen-bond donors (Lipinski definition) is 1. The molecule has 0 aliphatic carbocycles. The number of para-hydroxylation sites is 2. The molecule has 0 radical (unpaired) electrons. The lowest BCUT2D eigenvalue weighted by Crippen LogP contribution is -2.29. The number of anilines is 1. The number of methoxy groups -OCH3 is 1. The van der Waals surface area contributed by atoms with Crippen LogP contribution in [-0.2, 0) is 16.6 Å². The van der Waals surface area contributed by atoms with Crippen LogP contribution in [0.1, 0.15) is 15.9 Å². The van der Waals surface area contributed by atoms with Crippen LogP contribution in [0.5, 0.6) is 11.5 Å². The predicted molar refractivity (Wildman–Crippen MR) is 135 cm³/mol. The van der Waals surface area contributed by atoms with Crippen molar-refractivity contribution in [2.45, 2.75) is 6.54 Å². The quantitative estimate of drug-likeness (QED) is 0.387. The van der Waals surface area contributed by atoms with Gasteiger partial charge in [0.2, 0.25) is 10.0 Å². The van der Waals surface area contributed by atoms with Crippen LogP contribution in [0.4, 0.5) is 5.69 Å². The summed E-state index contributed by atoms with van der Waals surface area (Å²) in [6.45, 7) is 0.635. The van der Waals surface area contributed by atoms with Crippen molar-refractivity contribution in [3.63, 3.8) is 0 Å². The van der Waals surface area contributed by atoms with Gasteiger partial charge in [0, 0.05) is 15.6 Å². The molecule has 3 rings (SSSR count). The van der Waals surface area contributed by atoms with Gasteiger partial charge >= 0.3 is 0 Å². The van der Waals surface area contributed by atoms with E-state index in [0.717, 1.165) is 6.26 Å². The SMILES string of the molecule is COc1ccccc1OCCNC(=O)c1ccc(CN(c2cc(Cl)cc(Cl)c2)S(C)(=O)=O)cc1. The van der Waals surface area contributed by atoms with Crippen molar-refractivity contribution in [3.8, 4) is 11.5 Å². The summed E-state index contributed by atoms with van der Waals surface area (Å²) in [6.07, 6.45) is 1.11. The molecule has 7 nitrogen and oxygen atoms in total. The van der Waals surface area contributed by atoms with Gasteiger partial charge in [-0.05, 0) is 48.0 Å². The van der Waals surface area contributed by atoms with E-state index in [0.29, 0.717) is 44.9 Å². The lowest BCUT2D eigenvalue weighted by molar-refractivity contribution is 0.0947. The van der Waals surface area contributed by atoms with E-state index in [1.807, 2.05) is 12.1 Å². The zero-order valence-electron chi connectivity index (χ0n) is 18.6. The zero-order valence-corrected chi connectivity index (χ0v) is 21.0. The summed E-state index contributed by atoms with van der Waals surface area (Å²) in [7, 11) is -2.04. The Balaban J connectivity index is 1.60. The molecule has 0 unspecified atom stereocenters. The molecule has 0 aromatic heterocycles. The van der Waals surface area contributed by atoms with Gasteiger partial charge in [0.05, 0.1) is 32.1 Å². The Morgan fingerprint density at radius 1 is 0.971 bits per heavy atom. The molecule has 0 fully saturated rings. The van der Waals surface area contributed by atoms with Crippen molar-refractivity contribution in [1.82, 2.24) is 5.32 Å². The van der Waals surface area contributed by atoms with Crippen LogP contribution in [0.3, 0.4) is 0 Å². The van der Waals surface area contributed by atoms with Crippen LogP contribution in [0, 0.1) is 0 Å². The third kappa shape index (κ3) is 7.03. The first-order chi connectivity index (χ1) is 16.2. The lowest BCUT2D eigenvalue weighted by atomic mass is 10.1. The fourth-order valence-electron chi connectivity index (χ4n) is 3.18. The number of nitrogens with one attached hydrogen (secondary N) is 1. The first kappa shape index (κ1) is 25.7. The van der Waals surface area contributed by atoms with Crippen LogP contribution in [0.2, 0.25) is 10.0 Å². The number of carbonyl (C=O) groups is 1. The molecule has 3 aromatic carbocycles. The van der Waals surface area contributed by atoms with Gasteiger partial charge in [-0.1, -0.05) is 47.5 Å². The van der Waals surface area contributed by atoms with Gasteiger partial charge in [-0.25, -0.2) is 8.42 Å². The topological polar surface area (TPSA) is 84.9 Å². The summed E-state index contributed by atoms with van der Waals surface area (Å²) < 4.78 is 36.8. The Labute approximate surface area is 209 Å². The Bertz CT molecular complexity index is 1230. The second kappa shape index (κ2) is 11.5. The second-order valence-corrected chi connectivity index (χ2v) is 10.1. The molecule has 0 bridgehead atoms. The van der Waals surface area contributed by atoms with Crippen molar-refractivity contribution in [1.29, 1.82) is 0 Å². The molecule has 0 saturated heterocycles. The summed E-state index contributed by atoms with van der Waals surface area (Å²) in [5, 5.41) is 3.45. The molecular weight excluding hydrogens is 499 g/mol. The smallest absolute Gasteiger partial charge is 0.251 e. The maximum atomic E-state index is 12.4. The first-order valence-electron chi connectivity index (χ1n) is 10.2. The molecule has 1 amide bonds. The van der Waals surface area contributed by atoms with E-state index in [9.17, 15) is 13.2 Å². The fraction of sp³-hybridized carbons (Fsp3) is 0.208. The Hall–Kier alpha value is -2.94. The Kier molecular flexibility index (Phi) is 8.66. The summed E-state index contributed by atoms with van der Waals surface area (Å²) in [6, 6.07) is 18.5. The number of ether oxygens (including phenoxy) is 2. The fourth-order valence-corrected chi connectivity index (χ4v) is 4.56. The third-order valence-electron chi connectivity index (χ3n) is 4.79. The number of amides is 1. The molecule has 0 saturated carbocycles. The Morgan fingerprint density at radius 2 is 1.59 bits per heavy atom. The number of rotatable bonds is 10. The van der Waals surface area contributed by atoms with Crippen molar-refractivity contribution in [2.75, 3.05) is 30.8 Å². The molecule has 0 spiro atoms. The van der Waals surface area contributed by atoms with Crippen LogP contribution in [-0.4, -0.2) is 40.8 Å². The molecule has 180 valence electrons. The highest BCUT2D eigenvalue weighted by Crippen LogP contribution is 2.28. The van der Waals surface area contributed by atoms with Gasteiger partial charge in [0.1, 0.15) is 6.61 Å². The van der Waals surface area contributed by atoms with Gasteiger partial charge in [-0.2, -0.15) is 0 Å². The average molecular weight is 523 g/mol. The standard InChI is InChI=1S/C24H24Cl2N2O5S/c1-32-22-5-3-4-6-23(22)33-12-11-27-24(29)18-9-7-17(8-10-18)16-28(34(2,30)31)21-14-19(25)13-20(26)15-21/h3-10,13-15H,11-12,16H2,1-2H3,(H,27,29). The summed E-state index contributed by atoms with van der Waals surface area (Å²) in [4.78, 5) is 12.4.